The summed E-state index contributed by atoms with van der Waals surface area (Å²) in [7, 11) is 0. The summed E-state index contributed by atoms with van der Waals surface area (Å²) in [5, 5.41) is 2.75. The molecule has 0 aliphatic heterocycles. The van der Waals surface area contributed by atoms with Crippen molar-refractivity contribution in [2.45, 2.75) is 0 Å². The fraction of sp³-hybridized carbons (Fsp3) is 0.0667. The molecule has 6 heteroatoms. The van der Waals surface area contributed by atoms with E-state index in [0.29, 0.717) is 22.0 Å². The van der Waals surface area contributed by atoms with Crippen LogP contribution in [0.4, 0.5) is 5.69 Å². The molecule has 3 N–H and O–H groups in total. The van der Waals surface area contributed by atoms with Gasteiger partial charge in [-0.25, -0.2) is 0 Å². The Morgan fingerprint density at radius 1 is 1.24 bits per heavy atom. The zero-order valence-electron chi connectivity index (χ0n) is 11.0. The number of nitrogens with one attached hydrogen (secondary N) is 1. The molecule has 1 amide bonds. The average molecular weight is 365 g/mol. The minimum Gasteiger partial charge on any atom is -0.484 e. The second-order valence-electron chi connectivity index (χ2n) is 4.24. The smallest absolute Gasteiger partial charge is 0.262 e. The van der Waals surface area contributed by atoms with Crippen LogP contribution in [-0.4, -0.2) is 17.5 Å². The van der Waals surface area contributed by atoms with Gasteiger partial charge in [0, 0.05) is 15.7 Å². The third kappa shape index (κ3) is 4.84. The molecule has 2 aromatic rings. The van der Waals surface area contributed by atoms with Crippen LogP contribution in [0.1, 0.15) is 5.56 Å². The van der Waals surface area contributed by atoms with Crippen molar-refractivity contribution in [1.82, 2.24) is 0 Å². The monoisotopic (exact) mass is 364 g/mol. The number of carbonyl (C=O) groups excluding carboxylic acids is 1. The summed E-state index contributed by atoms with van der Waals surface area (Å²) in [6.07, 6.45) is 0. The largest absolute Gasteiger partial charge is 0.484 e. The number of hydrogen-bond acceptors (Lipinski definition) is 3. The lowest BCUT2D eigenvalue weighted by atomic mass is 10.2. The van der Waals surface area contributed by atoms with E-state index >= 15 is 0 Å². The first-order chi connectivity index (χ1) is 10.0. The van der Waals surface area contributed by atoms with Gasteiger partial charge in [-0.3, -0.25) is 4.79 Å². The molecular formula is C15H13BrN2O2S. The highest BCUT2D eigenvalue weighted by Gasteiger charge is 2.05. The van der Waals surface area contributed by atoms with Gasteiger partial charge in [0.05, 0.1) is 0 Å². The van der Waals surface area contributed by atoms with Crippen LogP contribution in [0.2, 0.25) is 0 Å². The molecule has 21 heavy (non-hydrogen) atoms. The fourth-order valence-corrected chi connectivity index (χ4v) is 2.18. The molecule has 0 spiro atoms. The molecule has 0 aromatic heterocycles. The Balaban J connectivity index is 1.92. The highest BCUT2D eigenvalue weighted by molar-refractivity contribution is 9.10. The standard InChI is InChI=1S/C15H13BrN2O2S/c16-11-4-2-5-12(8-11)18-14(19)9-20-13-6-1-3-10(7-13)15(17)21/h1-8H,9H2,(H2,17,21)(H,18,19). The SMILES string of the molecule is NC(=S)c1cccc(OCC(=O)Nc2cccc(Br)c2)c1. The van der Waals surface area contributed by atoms with E-state index in [9.17, 15) is 4.79 Å². The fourth-order valence-electron chi connectivity index (χ4n) is 1.65. The maximum atomic E-state index is 11.8. The number of anilines is 1. The van der Waals surface area contributed by atoms with Crippen LogP contribution in [0, 0.1) is 0 Å². The van der Waals surface area contributed by atoms with E-state index < -0.39 is 0 Å². The number of amides is 1. The summed E-state index contributed by atoms with van der Waals surface area (Å²) in [4.78, 5) is 12.1. The molecule has 0 unspecified atom stereocenters. The number of carbonyl (C=O) groups is 1. The normalized spacial score (nSPS) is 9.95. The summed E-state index contributed by atoms with van der Waals surface area (Å²) < 4.78 is 6.32. The number of nitrogens with two attached hydrogens (primary N) is 1. The third-order valence-electron chi connectivity index (χ3n) is 2.60. The topological polar surface area (TPSA) is 64.3 Å². The zero-order valence-corrected chi connectivity index (χ0v) is 13.4. The van der Waals surface area contributed by atoms with Crippen LogP contribution in [0.25, 0.3) is 0 Å². The van der Waals surface area contributed by atoms with Crippen LogP contribution >= 0.6 is 28.1 Å². The summed E-state index contributed by atoms with van der Waals surface area (Å²) in [6, 6.07) is 14.3. The molecule has 0 radical (unpaired) electrons. The Labute approximate surface area is 136 Å². The maximum absolute atomic E-state index is 11.8. The van der Waals surface area contributed by atoms with E-state index in [-0.39, 0.29) is 12.5 Å². The summed E-state index contributed by atoms with van der Waals surface area (Å²) >= 11 is 8.24. The highest BCUT2D eigenvalue weighted by atomic mass is 79.9. The number of rotatable bonds is 5. The molecule has 2 rings (SSSR count). The molecule has 0 bridgehead atoms. The number of benzene rings is 2. The minimum atomic E-state index is -0.242. The van der Waals surface area contributed by atoms with Gasteiger partial charge in [-0.15, -0.1) is 0 Å². The van der Waals surface area contributed by atoms with Crippen molar-refractivity contribution in [2.75, 3.05) is 11.9 Å². The van der Waals surface area contributed by atoms with E-state index in [2.05, 4.69) is 21.2 Å². The summed E-state index contributed by atoms with van der Waals surface area (Å²) in [6.45, 7) is -0.0900. The molecule has 0 aliphatic carbocycles. The van der Waals surface area contributed by atoms with Crippen LogP contribution in [0.5, 0.6) is 5.75 Å². The van der Waals surface area contributed by atoms with Crippen molar-refractivity contribution in [1.29, 1.82) is 0 Å². The van der Waals surface area contributed by atoms with E-state index in [4.69, 9.17) is 22.7 Å². The van der Waals surface area contributed by atoms with Gasteiger partial charge < -0.3 is 15.8 Å². The van der Waals surface area contributed by atoms with Gasteiger partial charge in [0.25, 0.3) is 5.91 Å². The van der Waals surface area contributed by atoms with Crippen molar-refractivity contribution in [3.63, 3.8) is 0 Å². The maximum Gasteiger partial charge on any atom is 0.262 e. The lowest BCUT2D eigenvalue weighted by molar-refractivity contribution is -0.118. The molecule has 0 saturated heterocycles. The minimum absolute atomic E-state index is 0.0900. The number of thiocarbonyl (C=S) groups is 1. The molecule has 0 fully saturated rings. The van der Waals surface area contributed by atoms with Gasteiger partial charge >= 0.3 is 0 Å². The Morgan fingerprint density at radius 3 is 2.71 bits per heavy atom. The van der Waals surface area contributed by atoms with Crippen molar-refractivity contribution in [2.24, 2.45) is 5.73 Å². The summed E-state index contributed by atoms with van der Waals surface area (Å²) in [5.41, 5.74) is 6.95. The van der Waals surface area contributed by atoms with E-state index in [1.54, 1.807) is 30.3 Å². The predicted molar refractivity (Wildman–Crippen MR) is 90.6 cm³/mol. The zero-order chi connectivity index (χ0) is 15.2. The lowest BCUT2D eigenvalue weighted by Crippen LogP contribution is -2.20. The Kier molecular flexibility index (Phi) is 5.30. The highest BCUT2D eigenvalue weighted by Crippen LogP contribution is 2.16. The van der Waals surface area contributed by atoms with Gasteiger partial charge in [0.1, 0.15) is 10.7 Å². The number of hydrogen-bond donors (Lipinski definition) is 2. The Hall–Kier alpha value is -1.92. The second-order valence-corrected chi connectivity index (χ2v) is 5.59. The van der Waals surface area contributed by atoms with Gasteiger partial charge in [-0.2, -0.15) is 0 Å². The molecule has 4 nitrogen and oxygen atoms in total. The lowest BCUT2D eigenvalue weighted by Gasteiger charge is -2.08. The average Bonchev–Trinajstić information content (AvgIpc) is 2.45. The Bertz CT molecular complexity index is 676. The summed E-state index contributed by atoms with van der Waals surface area (Å²) in [5.74, 6) is 0.304. The van der Waals surface area contributed by atoms with Crippen molar-refractivity contribution in [3.8, 4) is 5.75 Å². The second kappa shape index (κ2) is 7.19. The number of ether oxygens (including phenoxy) is 1. The van der Waals surface area contributed by atoms with Crippen molar-refractivity contribution >= 4 is 44.7 Å². The Morgan fingerprint density at radius 2 is 2.00 bits per heavy atom. The van der Waals surface area contributed by atoms with E-state index in [0.717, 1.165) is 4.47 Å². The number of halogens is 1. The van der Waals surface area contributed by atoms with Gasteiger partial charge in [0.15, 0.2) is 6.61 Å². The van der Waals surface area contributed by atoms with Crippen molar-refractivity contribution < 1.29 is 9.53 Å². The molecular weight excluding hydrogens is 352 g/mol. The molecule has 108 valence electrons. The van der Waals surface area contributed by atoms with Gasteiger partial charge in [-0.05, 0) is 30.3 Å². The predicted octanol–water partition coefficient (Wildman–Crippen LogP) is 3.10. The van der Waals surface area contributed by atoms with Crippen LogP contribution in [-0.2, 0) is 4.79 Å². The quantitative estimate of drug-likeness (QED) is 0.800. The first-order valence-electron chi connectivity index (χ1n) is 6.12. The first kappa shape index (κ1) is 15.5. The van der Waals surface area contributed by atoms with Gasteiger partial charge in [-0.1, -0.05) is 46.3 Å². The van der Waals surface area contributed by atoms with Crippen LogP contribution in [0.15, 0.2) is 53.0 Å². The molecule has 0 heterocycles. The molecule has 0 saturated carbocycles. The molecule has 0 aliphatic rings. The van der Waals surface area contributed by atoms with Crippen LogP contribution < -0.4 is 15.8 Å². The molecule has 0 atom stereocenters. The van der Waals surface area contributed by atoms with Crippen LogP contribution in [0.3, 0.4) is 0 Å². The molecule has 2 aromatic carbocycles. The van der Waals surface area contributed by atoms with Crippen molar-refractivity contribution in [3.05, 3.63) is 58.6 Å². The first-order valence-corrected chi connectivity index (χ1v) is 7.33. The van der Waals surface area contributed by atoms with Gasteiger partial charge in [0.2, 0.25) is 0 Å². The van der Waals surface area contributed by atoms with E-state index in [1.165, 1.54) is 0 Å². The third-order valence-corrected chi connectivity index (χ3v) is 3.33. The van der Waals surface area contributed by atoms with E-state index in [1.807, 2.05) is 18.2 Å².